The van der Waals surface area contributed by atoms with E-state index in [2.05, 4.69) is 15.2 Å². The van der Waals surface area contributed by atoms with Crippen molar-refractivity contribution in [3.05, 3.63) is 29.4 Å². The SMILES string of the molecule is ClCc1ccc(-c2nccs2)nn1. The molecule has 0 amide bonds. The van der Waals surface area contributed by atoms with Gasteiger partial charge in [0.1, 0.15) is 10.7 Å². The highest BCUT2D eigenvalue weighted by Gasteiger charge is 2.01. The van der Waals surface area contributed by atoms with E-state index in [1.54, 1.807) is 17.5 Å². The average molecular weight is 212 g/mol. The van der Waals surface area contributed by atoms with Crippen LogP contribution in [0.2, 0.25) is 0 Å². The van der Waals surface area contributed by atoms with Gasteiger partial charge in [-0.05, 0) is 12.1 Å². The van der Waals surface area contributed by atoms with Crippen LogP contribution < -0.4 is 0 Å². The van der Waals surface area contributed by atoms with Crippen LogP contribution in [0.25, 0.3) is 10.7 Å². The summed E-state index contributed by atoms with van der Waals surface area (Å²) in [5.41, 5.74) is 1.57. The minimum absolute atomic E-state index is 0.394. The first kappa shape index (κ1) is 8.59. The monoisotopic (exact) mass is 211 g/mol. The molecule has 0 radical (unpaired) electrons. The van der Waals surface area contributed by atoms with E-state index in [1.165, 1.54) is 0 Å². The Morgan fingerprint density at radius 3 is 2.77 bits per heavy atom. The summed E-state index contributed by atoms with van der Waals surface area (Å²) in [5.74, 6) is 0.394. The first-order valence-electron chi connectivity index (χ1n) is 3.68. The summed E-state index contributed by atoms with van der Waals surface area (Å²) in [5, 5.41) is 10.7. The van der Waals surface area contributed by atoms with E-state index >= 15 is 0 Å². The zero-order valence-corrected chi connectivity index (χ0v) is 8.22. The molecule has 0 aliphatic rings. The van der Waals surface area contributed by atoms with E-state index < -0.39 is 0 Å². The smallest absolute Gasteiger partial charge is 0.143 e. The second-order valence-corrected chi connectivity index (χ2v) is 3.54. The highest BCUT2D eigenvalue weighted by atomic mass is 35.5. The zero-order chi connectivity index (χ0) is 9.10. The molecule has 2 rings (SSSR count). The molecule has 0 fully saturated rings. The van der Waals surface area contributed by atoms with Gasteiger partial charge in [0.2, 0.25) is 0 Å². The summed E-state index contributed by atoms with van der Waals surface area (Å²) in [4.78, 5) is 4.13. The third kappa shape index (κ3) is 1.84. The Bertz CT molecular complexity index is 371. The molecule has 0 aliphatic carbocycles. The van der Waals surface area contributed by atoms with Crippen LogP contribution in [0.4, 0.5) is 0 Å². The predicted octanol–water partition coefficient (Wildman–Crippen LogP) is 2.34. The van der Waals surface area contributed by atoms with Gasteiger partial charge in [0.25, 0.3) is 0 Å². The Morgan fingerprint density at radius 2 is 2.23 bits per heavy atom. The number of nitrogens with zero attached hydrogens (tertiary/aromatic N) is 3. The minimum atomic E-state index is 0.394. The molecule has 2 aromatic heterocycles. The Morgan fingerprint density at radius 1 is 1.31 bits per heavy atom. The van der Waals surface area contributed by atoms with E-state index in [-0.39, 0.29) is 0 Å². The topological polar surface area (TPSA) is 38.7 Å². The lowest BCUT2D eigenvalue weighted by Crippen LogP contribution is -1.90. The highest BCUT2D eigenvalue weighted by Crippen LogP contribution is 2.18. The van der Waals surface area contributed by atoms with Gasteiger partial charge in [-0.1, -0.05) is 0 Å². The molecule has 3 nitrogen and oxygen atoms in total. The van der Waals surface area contributed by atoms with Crippen molar-refractivity contribution in [2.24, 2.45) is 0 Å². The molecule has 0 N–H and O–H groups in total. The van der Waals surface area contributed by atoms with Crippen LogP contribution in [0.3, 0.4) is 0 Å². The van der Waals surface area contributed by atoms with Gasteiger partial charge in [-0.25, -0.2) is 4.98 Å². The number of rotatable bonds is 2. The molecule has 0 unspecified atom stereocenters. The molecular formula is C8H6ClN3S. The Hall–Kier alpha value is -1.00. The van der Waals surface area contributed by atoms with Crippen molar-refractivity contribution in [1.82, 2.24) is 15.2 Å². The fourth-order valence-corrected chi connectivity index (χ4v) is 1.64. The lowest BCUT2D eigenvalue weighted by atomic mass is 10.3. The number of hydrogen-bond donors (Lipinski definition) is 0. The summed E-state index contributed by atoms with van der Waals surface area (Å²) in [6, 6.07) is 3.74. The second kappa shape index (κ2) is 3.81. The summed E-state index contributed by atoms with van der Waals surface area (Å²) in [6.45, 7) is 0. The van der Waals surface area contributed by atoms with Crippen molar-refractivity contribution in [3.63, 3.8) is 0 Å². The summed E-state index contributed by atoms with van der Waals surface area (Å²) in [7, 11) is 0. The minimum Gasteiger partial charge on any atom is -0.243 e. The molecule has 2 aromatic rings. The van der Waals surface area contributed by atoms with Gasteiger partial charge in [0.15, 0.2) is 0 Å². The fourth-order valence-electron chi connectivity index (χ4n) is 0.895. The molecule has 0 aromatic carbocycles. The van der Waals surface area contributed by atoms with Crippen LogP contribution in [0.5, 0.6) is 0 Å². The molecule has 0 aliphatic heterocycles. The summed E-state index contributed by atoms with van der Waals surface area (Å²) >= 11 is 7.13. The van der Waals surface area contributed by atoms with Crippen molar-refractivity contribution >= 4 is 22.9 Å². The van der Waals surface area contributed by atoms with Crippen molar-refractivity contribution in [3.8, 4) is 10.7 Å². The van der Waals surface area contributed by atoms with E-state index in [0.717, 1.165) is 16.4 Å². The van der Waals surface area contributed by atoms with Crippen LogP contribution in [0.15, 0.2) is 23.7 Å². The zero-order valence-electron chi connectivity index (χ0n) is 6.64. The van der Waals surface area contributed by atoms with Gasteiger partial charge >= 0.3 is 0 Å². The molecule has 0 bridgehead atoms. The number of hydrogen-bond acceptors (Lipinski definition) is 4. The maximum absolute atomic E-state index is 5.59. The van der Waals surface area contributed by atoms with Crippen LogP contribution in [0, 0.1) is 0 Å². The lowest BCUT2D eigenvalue weighted by molar-refractivity contribution is 0.973. The lowest BCUT2D eigenvalue weighted by Gasteiger charge is -1.94. The van der Waals surface area contributed by atoms with Crippen molar-refractivity contribution < 1.29 is 0 Å². The molecular weight excluding hydrogens is 206 g/mol. The maximum atomic E-state index is 5.59. The molecule has 13 heavy (non-hydrogen) atoms. The van der Waals surface area contributed by atoms with E-state index in [9.17, 15) is 0 Å². The number of alkyl halides is 1. The molecule has 2 heterocycles. The number of aromatic nitrogens is 3. The fraction of sp³-hybridized carbons (Fsp3) is 0.125. The quantitative estimate of drug-likeness (QED) is 0.716. The van der Waals surface area contributed by atoms with Gasteiger partial charge in [-0.15, -0.1) is 28.0 Å². The molecule has 0 saturated carbocycles. The predicted molar refractivity (Wildman–Crippen MR) is 52.7 cm³/mol. The Labute approximate surface area is 84.4 Å². The third-order valence-corrected chi connectivity index (χ3v) is 2.58. The molecule has 0 saturated heterocycles. The maximum Gasteiger partial charge on any atom is 0.143 e. The first-order chi connectivity index (χ1) is 6.40. The molecule has 66 valence electrons. The van der Waals surface area contributed by atoms with Crippen molar-refractivity contribution in [2.45, 2.75) is 5.88 Å². The van der Waals surface area contributed by atoms with Crippen LogP contribution in [-0.2, 0) is 5.88 Å². The van der Waals surface area contributed by atoms with Gasteiger partial charge in [0, 0.05) is 11.6 Å². The van der Waals surface area contributed by atoms with Gasteiger partial charge < -0.3 is 0 Å². The molecule has 5 heteroatoms. The first-order valence-corrected chi connectivity index (χ1v) is 5.10. The Kier molecular flexibility index (Phi) is 2.52. The van der Waals surface area contributed by atoms with Crippen LogP contribution in [0.1, 0.15) is 5.69 Å². The van der Waals surface area contributed by atoms with Gasteiger partial charge in [0.05, 0.1) is 11.6 Å². The standard InChI is InChI=1S/C8H6ClN3S/c9-5-6-1-2-7(12-11-6)8-10-3-4-13-8/h1-4H,5H2. The van der Waals surface area contributed by atoms with Crippen molar-refractivity contribution in [1.29, 1.82) is 0 Å². The molecule has 0 spiro atoms. The molecule has 0 atom stereocenters. The van der Waals surface area contributed by atoms with E-state index in [0.29, 0.717) is 5.88 Å². The second-order valence-electron chi connectivity index (χ2n) is 2.38. The van der Waals surface area contributed by atoms with Gasteiger partial charge in [-0.2, -0.15) is 5.10 Å². The number of halogens is 1. The van der Waals surface area contributed by atoms with Crippen molar-refractivity contribution in [2.75, 3.05) is 0 Å². The van der Waals surface area contributed by atoms with Crippen LogP contribution >= 0.6 is 22.9 Å². The van der Waals surface area contributed by atoms with Crippen LogP contribution in [-0.4, -0.2) is 15.2 Å². The van der Waals surface area contributed by atoms with Gasteiger partial charge in [-0.3, -0.25) is 0 Å². The number of thiazole rings is 1. The largest absolute Gasteiger partial charge is 0.243 e. The third-order valence-electron chi connectivity index (χ3n) is 1.51. The average Bonchev–Trinajstić information content (AvgIpc) is 2.71. The summed E-state index contributed by atoms with van der Waals surface area (Å²) in [6.07, 6.45) is 1.75. The van der Waals surface area contributed by atoms with E-state index in [1.807, 2.05) is 17.5 Å². The normalized spacial score (nSPS) is 10.2. The Balaban J connectivity index is 2.33. The van der Waals surface area contributed by atoms with E-state index in [4.69, 9.17) is 11.6 Å². The highest BCUT2D eigenvalue weighted by molar-refractivity contribution is 7.13. The summed E-state index contributed by atoms with van der Waals surface area (Å²) < 4.78 is 0.